The van der Waals surface area contributed by atoms with Crippen LogP contribution in [0.5, 0.6) is 0 Å². The van der Waals surface area contributed by atoms with E-state index in [-0.39, 0.29) is 11.9 Å². The van der Waals surface area contributed by atoms with E-state index >= 15 is 0 Å². The van der Waals surface area contributed by atoms with Crippen LogP contribution in [-0.4, -0.2) is 17.1 Å². The molecule has 1 amide bonds. The normalized spacial score (nSPS) is 20.1. The number of aliphatic hydroxyl groups excluding tert-OH is 1. The average Bonchev–Trinajstić information content (AvgIpc) is 2.78. The van der Waals surface area contributed by atoms with Gasteiger partial charge in [-0.2, -0.15) is 0 Å². The number of rotatable bonds is 2. The first-order valence-corrected chi connectivity index (χ1v) is 7.75. The van der Waals surface area contributed by atoms with Gasteiger partial charge < -0.3 is 10.4 Å². The SMILES string of the molecule is O=C(N[C@H]1c2ccccc2C[C@H]1O)c1ccc(Br)c(Cl)c1. The van der Waals surface area contributed by atoms with Crippen molar-refractivity contribution in [1.82, 2.24) is 5.32 Å². The fourth-order valence-electron chi connectivity index (χ4n) is 2.61. The molecule has 0 aromatic heterocycles. The lowest BCUT2D eigenvalue weighted by molar-refractivity contribution is 0.0858. The summed E-state index contributed by atoms with van der Waals surface area (Å²) >= 11 is 9.30. The van der Waals surface area contributed by atoms with Crippen molar-refractivity contribution in [3.8, 4) is 0 Å². The van der Waals surface area contributed by atoms with Gasteiger partial charge in [0.2, 0.25) is 0 Å². The van der Waals surface area contributed by atoms with Crippen LogP contribution in [0.25, 0.3) is 0 Å². The number of nitrogens with one attached hydrogen (secondary N) is 1. The van der Waals surface area contributed by atoms with E-state index in [0.717, 1.165) is 15.6 Å². The summed E-state index contributed by atoms with van der Waals surface area (Å²) in [6.45, 7) is 0. The Balaban J connectivity index is 1.83. The summed E-state index contributed by atoms with van der Waals surface area (Å²) in [6, 6.07) is 12.4. The maximum atomic E-state index is 12.3. The maximum Gasteiger partial charge on any atom is 0.251 e. The molecule has 2 aromatic carbocycles. The van der Waals surface area contributed by atoms with Gasteiger partial charge in [0.1, 0.15) is 0 Å². The third-order valence-electron chi connectivity index (χ3n) is 3.67. The van der Waals surface area contributed by atoms with Crippen LogP contribution in [0.4, 0.5) is 0 Å². The Hall–Kier alpha value is -1.36. The van der Waals surface area contributed by atoms with E-state index in [0.29, 0.717) is 17.0 Å². The van der Waals surface area contributed by atoms with Gasteiger partial charge in [-0.15, -0.1) is 0 Å². The molecule has 2 atom stereocenters. The molecule has 5 heteroatoms. The van der Waals surface area contributed by atoms with Crippen molar-refractivity contribution >= 4 is 33.4 Å². The first kappa shape index (κ1) is 14.6. The summed E-state index contributed by atoms with van der Waals surface area (Å²) in [5, 5.41) is 13.5. The predicted molar refractivity (Wildman–Crippen MR) is 85.5 cm³/mol. The van der Waals surface area contributed by atoms with E-state index in [1.165, 1.54) is 0 Å². The van der Waals surface area contributed by atoms with Crippen LogP contribution < -0.4 is 5.32 Å². The fourth-order valence-corrected chi connectivity index (χ4v) is 3.04. The molecule has 3 nitrogen and oxygen atoms in total. The molecule has 1 aliphatic rings. The summed E-state index contributed by atoms with van der Waals surface area (Å²) < 4.78 is 0.743. The lowest BCUT2D eigenvalue weighted by atomic mass is 10.1. The van der Waals surface area contributed by atoms with Crippen LogP contribution >= 0.6 is 27.5 Å². The van der Waals surface area contributed by atoms with Gasteiger partial charge in [-0.25, -0.2) is 0 Å². The molecule has 108 valence electrons. The first-order chi connectivity index (χ1) is 10.1. The van der Waals surface area contributed by atoms with E-state index in [1.54, 1.807) is 18.2 Å². The number of carbonyl (C=O) groups is 1. The molecule has 0 aliphatic heterocycles. The van der Waals surface area contributed by atoms with Crippen molar-refractivity contribution < 1.29 is 9.90 Å². The molecule has 0 radical (unpaired) electrons. The highest BCUT2D eigenvalue weighted by Crippen LogP contribution is 2.31. The molecular formula is C16H13BrClNO2. The first-order valence-electron chi connectivity index (χ1n) is 6.58. The average molecular weight is 367 g/mol. The number of aliphatic hydroxyl groups is 1. The van der Waals surface area contributed by atoms with E-state index in [1.807, 2.05) is 24.3 Å². The molecule has 0 saturated heterocycles. The summed E-state index contributed by atoms with van der Waals surface area (Å²) in [6.07, 6.45) is -0.0420. The van der Waals surface area contributed by atoms with Gasteiger partial charge in [0.05, 0.1) is 17.2 Å². The van der Waals surface area contributed by atoms with Gasteiger partial charge in [0.25, 0.3) is 5.91 Å². The van der Waals surface area contributed by atoms with Crippen molar-refractivity contribution in [3.05, 3.63) is 68.7 Å². The third kappa shape index (κ3) is 2.84. The van der Waals surface area contributed by atoms with Crippen LogP contribution in [0, 0.1) is 0 Å². The third-order valence-corrected chi connectivity index (χ3v) is 4.90. The summed E-state index contributed by atoms with van der Waals surface area (Å²) in [5.74, 6) is -0.245. The largest absolute Gasteiger partial charge is 0.390 e. The Bertz CT molecular complexity index is 704. The second kappa shape index (κ2) is 5.79. The van der Waals surface area contributed by atoms with Gasteiger partial charge in [-0.05, 0) is 45.3 Å². The number of amides is 1. The number of halogens is 2. The Morgan fingerprint density at radius 2 is 2.05 bits per heavy atom. The van der Waals surface area contributed by atoms with Crippen molar-refractivity contribution in [2.24, 2.45) is 0 Å². The zero-order valence-electron chi connectivity index (χ0n) is 11.0. The van der Waals surface area contributed by atoms with Crippen LogP contribution in [0.15, 0.2) is 46.9 Å². The molecule has 21 heavy (non-hydrogen) atoms. The number of fused-ring (bicyclic) bond motifs is 1. The Morgan fingerprint density at radius 3 is 2.81 bits per heavy atom. The quantitative estimate of drug-likeness (QED) is 0.855. The highest BCUT2D eigenvalue weighted by atomic mass is 79.9. The topological polar surface area (TPSA) is 49.3 Å². The zero-order chi connectivity index (χ0) is 15.0. The van der Waals surface area contributed by atoms with Gasteiger partial charge in [0.15, 0.2) is 0 Å². The Morgan fingerprint density at radius 1 is 1.29 bits per heavy atom. The van der Waals surface area contributed by atoms with Gasteiger partial charge in [0, 0.05) is 16.5 Å². The minimum absolute atomic E-state index is 0.245. The molecule has 0 spiro atoms. The minimum atomic E-state index is -0.600. The number of hydrogen-bond donors (Lipinski definition) is 2. The lowest BCUT2D eigenvalue weighted by Gasteiger charge is -2.18. The molecule has 0 fully saturated rings. The zero-order valence-corrected chi connectivity index (χ0v) is 13.4. The van der Waals surface area contributed by atoms with Crippen molar-refractivity contribution in [2.75, 3.05) is 0 Å². The highest BCUT2D eigenvalue weighted by molar-refractivity contribution is 9.10. The minimum Gasteiger partial charge on any atom is -0.390 e. The van der Waals surface area contributed by atoms with E-state index in [9.17, 15) is 9.90 Å². The standard InChI is InChI=1S/C16H13BrClNO2/c17-12-6-5-10(7-13(12)18)16(21)19-15-11-4-2-1-3-9(11)8-14(15)20/h1-7,14-15,20H,8H2,(H,19,21)/t14-,15+/m1/s1. The van der Waals surface area contributed by atoms with Gasteiger partial charge >= 0.3 is 0 Å². The van der Waals surface area contributed by atoms with Gasteiger partial charge in [-0.3, -0.25) is 4.79 Å². The molecule has 0 unspecified atom stereocenters. The Kier molecular flexibility index (Phi) is 4.02. The Labute approximate surface area is 136 Å². The summed E-state index contributed by atoms with van der Waals surface area (Å²) in [7, 11) is 0. The predicted octanol–water partition coefficient (Wildman–Crippen LogP) is 3.49. The monoisotopic (exact) mass is 365 g/mol. The molecule has 3 rings (SSSR count). The summed E-state index contributed by atoms with van der Waals surface area (Å²) in [4.78, 5) is 12.3. The molecule has 2 N–H and O–H groups in total. The molecule has 0 saturated carbocycles. The highest BCUT2D eigenvalue weighted by Gasteiger charge is 2.32. The number of hydrogen-bond acceptors (Lipinski definition) is 2. The molecular weight excluding hydrogens is 354 g/mol. The van der Waals surface area contributed by atoms with E-state index in [2.05, 4.69) is 21.2 Å². The molecule has 0 heterocycles. The maximum absolute atomic E-state index is 12.3. The van der Waals surface area contributed by atoms with Gasteiger partial charge in [-0.1, -0.05) is 35.9 Å². The number of carbonyl (C=O) groups excluding carboxylic acids is 1. The van der Waals surface area contributed by atoms with Crippen LogP contribution in [0.3, 0.4) is 0 Å². The van der Waals surface area contributed by atoms with Crippen molar-refractivity contribution in [1.29, 1.82) is 0 Å². The molecule has 0 bridgehead atoms. The number of benzene rings is 2. The smallest absolute Gasteiger partial charge is 0.251 e. The molecule has 1 aliphatic carbocycles. The lowest BCUT2D eigenvalue weighted by Crippen LogP contribution is -2.33. The van der Waals surface area contributed by atoms with Crippen LogP contribution in [0.1, 0.15) is 27.5 Å². The second-order valence-electron chi connectivity index (χ2n) is 5.05. The van der Waals surface area contributed by atoms with Crippen LogP contribution in [0.2, 0.25) is 5.02 Å². The summed E-state index contributed by atoms with van der Waals surface area (Å²) in [5.41, 5.74) is 2.52. The van der Waals surface area contributed by atoms with E-state index in [4.69, 9.17) is 11.6 Å². The molecule has 2 aromatic rings. The fraction of sp³-hybridized carbons (Fsp3) is 0.188. The van der Waals surface area contributed by atoms with Crippen molar-refractivity contribution in [2.45, 2.75) is 18.6 Å². The van der Waals surface area contributed by atoms with Crippen LogP contribution in [-0.2, 0) is 6.42 Å². The second-order valence-corrected chi connectivity index (χ2v) is 6.31. The van der Waals surface area contributed by atoms with Crippen molar-refractivity contribution in [3.63, 3.8) is 0 Å². The van der Waals surface area contributed by atoms with E-state index < -0.39 is 6.10 Å².